The molecule has 2 rings (SSSR count). The highest BCUT2D eigenvalue weighted by Gasteiger charge is 2.03. The Bertz CT molecular complexity index is 525. The molecule has 0 unspecified atom stereocenters. The van der Waals surface area contributed by atoms with Gasteiger partial charge in [-0.3, -0.25) is 4.68 Å². The molecule has 0 aliphatic heterocycles. The van der Waals surface area contributed by atoms with Gasteiger partial charge in [0, 0.05) is 17.6 Å². The largest absolute Gasteiger partial charge is 0.454 e. The van der Waals surface area contributed by atoms with Crippen molar-refractivity contribution >= 4 is 15.9 Å². The molecule has 0 fully saturated rings. The van der Waals surface area contributed by atoms with Gasteiger partial charge in [-0.05, 0) is 30.2 Å². The van der Waals surface area contributed by atoms with Gasteiger partial charge in [-0.1, -0.05) is 22.9 Å². The van der Waals surface area contributed by atoms with Crippen molar-refractivity contribution in [1.29, 1.82) is 0 Å². The number of aromatic nitrogens is 2. The second-order valence-corrected chi connectivity index (χ2v) is 4.96. The maximum atomic E-state index is 5.76. The Kier molecular flexibility index (Phi) is 4.38. The van der Waals surface area contributed by atoms with Crippen LogP contribution in [0.4, 0.5) is 0 Å². The summed E-state index contributed by atoms with van der Waals surface area (Å²) < 4.78 is 8.59. The summed E-state index contributed by atoms with van der Waals surface area (Å²) in [7, 11) is 0. The number of benzene rings is 1. The molecule has 2 aromatic rings. The molecule has 5 heteroatoms. The minimum Gasteiger partial charge on any atom is -0.454 e. The summed E-state index contributed by atoms with van der Waals surface area (Å²) in [6.07, 6.45) is 4.67. The summed E-state index contributed by atoms with van der Waals surface area (Å²) in [4.78, 5) is 0. The van der Waals surface area contributed by atoms with E-state index in [9.17, 15) is 0 Å². The molecular weight excluding hydrogens is 294 g/mol. The summed E-state index contributed by atoms with van der Waals surface area (Å²) in [5, 5.41) is 4.22. The maximum Gasteiger partial charge on any atom is 0.165 e. The summed E-state index contributed by atoms with van der Waals surface area (Å²) in [5.41, 5.74) is 6.66. The van der Waals surface area contributed by atoms with E-state index in [1.807, 2.05) is 29.1 Å². The minimum atomic E-state index is 0.491. The first-order chi connectivity index (χ1) is 8.71. The Morgan fingerprint density at radius 3 is 2.89 bits per heavy atom. The van der Waals surface area contributed by atoms with Gasteiger partial charge >= 0.3 is 0 Å². The summed E-state index contributed by atoms with van der Waals surface area (Å²) in [5.74, 6) is 1.50. The van der Waals surface area contributed by atoms with E-state index in [2.05, 4.69) is 28.0 Å². The molecule has 0 bridgehead atoms. The Morgan fingerprint density at radius 1 is 1.33 bits per heavy atom. The van der Waals surface area contributed by atoms with Gasteiger partial charge in [0.15, 0.2) is 5.75 Å². The number of aryl methyl sites for hydroxylation is 1. The van der Waals surface area contributed by atoms with Crippen molar-refractivity contribution in [2.24, 2.45) is 5.73 Å². The first-order valence-corrected chi connectivity index (χ1v) is 6.70. The van der Waals surface area contributed by atoms with Gasteiger partial charge in [0.2, 0.25) is 0 Å². The molecule has 2 N–H and O–H groups in total. The van der Waals surface area contributed by atoms with Gasteiger partial charge in [0.1, 0.15) is 5.75 Å². The van der Waals surface area contributed by atoms with E-state index in [4.69, 9.17) is 10.5 Å². The molecule has 0 radical (unpaired) electrons. The maximum absolute atomic E-state index is 5.76. The highest BCUT2D eigenvalue weighted by Crippen LogP contribution is 2.26. The van der Waals surface area contributed by atoms with Gasteiger partial charge in [0.25, 0.3) is 0 Å². The quantitative estimate of drug-likeness (QED) is 0.922. The van der Waals surface area contributed by atoms with Crippen LogP contribution in [0.25, 0.3) is 0 Å². The zero-order valence-corrected chi connectivity index (χ0v) is 11.9. The third-order valence-corrected chi connectivity index (χ3v) is 2.92. The van der Waals surface area contributed by atoms with Crippen molar-refractivity contribution < 1.29 is 4.74 Å². The van der Waals surface area contributed by atoms with Crippen LogP contribution in [0.5, 0.6) is 11.5 Å². The molecule has 0 saturated carbocycles. The molecule has 1 aromatic heterocycles. The number of hydrogen-bond acceptors (Lipinski definition) is 3. The molecule has 96 valence electrons. The average Bonchev–Trinajstić information content (AvgIpc) is 2.76. The number of hydrogen-bond donors (Lipinski definition) is 1. The molecule has 4 nitrogen and oxygen atoms in total. The molecule has 0 atom stereocenters. The van der Waals surface area contributed by atoms with E-state index >= 15 is 0 Å². The van der Waals surface area contributed by atoms with Crippen molar-refractivity contribution in [1.82, 2.24) is 9.78 Å². The van der Waals surface area contributed by atoms with Crippen molar-refractivity contribution in [2.45, 2.75) is 26.4 Å². The topological polar surface area (TPSA) is 53.1 Å². The number of ether oxygens (including phenoxy) is 1. The summed E-state index contributed by atoms with van der Waals surface area (Å²) >= 11 is 3.44. The fraction of sp³-hybridized carbons (Fsp3) is 0.308. The van der Waals surface area contributed by atoms with E-state index in [0.29, 0.717) is 6.54 Å². The van der Waals surface area contributed by atoms with Crippen LogP contribution in [-0.4, -0.2) is 9.78 Å². The molecule has 0 aliphatic carbocycles. The van der Waals surface area contributed by atoms with Gasteiger partial charge in [-0.15, -0.1) is 0 Å². The molecule has 18 heavy (non-hydrogen) atoms. The number of rotatable bonds is 5. The Morgan fingerprint density at radius 2 is 2.17 bits per heavy atom. The average molecular weight is 310 g/mol. The van der Waals surface area contributed by atoms with E-state index in [-0.39, 0.29) is 0 Å². The standard InChI is InChI=1S/C13H16BrN3O/c1-2-3-17-9-13(8-16-17)18-12-5-10(7-15)4-11(14)6-12/h4-6,8-9H,2-3,7,15H2,1H3. The predicted molar refractivity (Wildman–Crippen MR) is 74.6 cm³/mol. The van der Waals surface area contributed by atoms with Crippen LogP contribution < -0.4 is 10.5 Å². The van der Waals surface area contributed by atoms with Crippen LogP contribution in [0.3, 0.4) is 0 Å². The molecule has 1 heterocycles. The van der Waals surface area contributed by atoms with E-state index in [0.717, 1.165) is 34.5 Å². The lowest BCUT2D eigenvalue weighted by Gasteiger charge is -2.06. The van der Waals surface area contributed by atoms with Gasteiger partial charge < -0.3 is 10.5 Å². The first-order valence-electron chi connectivity index (χ1n) is 5.91. The monoisotopic (exact) mass is 309 g/mol. The van der Waals surface area contributed by atoms with Crippen molar-refractivity contribution in [2.75, 3.05) is 0 Å². The molecule has 0 aliphatic rings. The number of nitrogens with zero attached hydrogens (tertiary/aromatic N) is 2. The van der Waals surface area contributed by atoms with Crippen LogP contribution >= 0.6 is 15.9 Å². The fourth-order valence-electron chi connectivity index (χ4n) is 1.68. The van der Waals surface area contributed by atoms with Crippen LogP contribution in [0.1, 0.15) is 18.9 Å². The highest BCUT2D eigenvalue weighted by molar-refractivity contribution is 9.10. The number of nitrogens with two attached hydrogens (primary N) is 1. The third kappa shape index (κ3) is 3.34. The van der Waals surface area contributed by atoms with E-state index in [1.54, 1.807) is 6.20 Å². The lowest BCUT2D eigenvalue weighted by atomic mass is 10.2. The van der Waals surface area contributed by atoms with Crippen molar-refractivity contribution in [3.63, 3.8) is 0 Å². The van der Waals surface area contributed by atoms with Gasteiger partial charge in [-0.2, -0.15) is 5.10 Å². The van der Waals surface area contributed by atoms with E-state index < -0.39 is 0 Å². The van der Waals surface area contributed by atoms with Gasteiger partial charge in [-0.25, -0.2) is 0 Å². The minimum absolute atomic E-state index is 0.491. The summed E-state index contributed by atoms with van der Waals surface area (Å²) in [6, 6.07) is 5.83. The van der Waals surface area contributed by atoms with Crippen LogP contribution in [0.15, 0.2) is 35.1 Å². The van der Waals surface area contributed by atoms with Crippen LogP contribution in [-0.2, 0) is 13.1 Å². The Labute approximate surface area is 115 Å². The molecular formula is C13H16BrN3O. The Balaban J connectivity index is 2.14. The molecule has 0 spiro atoms. The van der Waals surface area contributed by atoms with Crippen LogP contribution in [0.2, 0.25) is 0 Å². The Hall–Kier alpha value is -1.33. The van der Waals surface area contributed by atoms with Crippen molar-refractivity contribution in [3.8, 4) is 11.5 Å². The number of halogens is 1. The second kappa shape index (κ2) is 6.02. The van der Waals surface area contributed by atoms with Crippen molar-refractivity contribution in [3.05, 3.63) is 40.6 Å². The fourth-order valence-corrected chi connectivity index (χ4v) is 2.20. The lowest BCUT2D eigenvalue weighted by molar-refractivity contribution is 0.479. The van der Waals surface area contributed by atoms with Gasteiger partial charge in [0.05, 0.1) is 12.4 Å². The SMILES string of the molecule is CCCn1cc(Oc2cc(Br)cc(CN)c2)cn1. The zero-order valence-electron chi connectivity index (χ0n) is 10.3. The zero-order chi connectivity index (χ0) is 13.0. The highest BCUT2D eigenvalue weighted by atomic mass is 79.9. The molecule has 1 aromatic carbocycles. The second-order valence-electron chi connectivity index (χ2n) is 4.04. The molecule has 0 saturated heterocycles. The third-order valence-electron chi connectivity index (χ3n) is 2.46. The smallest absolute Gasteiger partial charge is 0.165 e. The summed E-state index contributed by atoms with van der Waals surface area (Å²) in [6.45, 7) is 3.50. The lowest BCUT2D eigenvalue weighted by Crippen LogP contribution is -1.97. The normalized spacial score (nSPS) is 10.6. The van der Waals surface area contributed by atoms with E-state index in [1.165, 1.54) is 0 Å². The first kappa shape index (κ1) is 13.1. The van der Waals surface area contributed by atoms with Crippen LogP contribution in [0, 0.1) is 0 Å². The predicted octanol–water partition coefficient (Wildman–Crippen LogP) is 3.31. The molecule has 0 amide bonds.